The zero-order valence-electron chi connectivity index (χ0n) is 10.8. The van der Waals surface area contributed by atoms with Crippen LogP contribution in [0.4, 0.5) is 5.69 Å². The molecule has 0 fully saturated rings. The Morgan fingerprint density at radius 1 is 1.29 bits per heavy atom. The molecule has 21 heavy (non-hydrogen) atoms. The minimum atomic E-state index is -1.16. The fourth-order valence-electron chi connectivity index (χ4n) is 1.56. The van der Waals surface area contributed by atoms with Crippen molar-refractivity contribution in [3.05, 3.63) is 27.7 Å². The number of amides is 2. The number of nitrogens with two attached hydrogens (primary N) is 1. The van der Waals surface area contributed by atoms with Crippen LogP contribution in [0.3, 0.4) is 0 Å². The smallest absolute Gasteiger partial charge is 0.317 e. The third kappa shape index (κ3) is 6.56. The number of carbonyl (C=O) groups is 3. The second-order valence-corrected chi connectivity index (χ2v) is 5.50. The zero-order chi connectivity index (χ0) is 16.0. The average molecular weight is 379 g/mol. The molecule has 0 aromatic heterocycles. The van der Waals surface area contributed by atoms with Gasteiger partial charge in [-0.25, -0.2) is 0 Å². The van der Waals surface area contributed by atoms with Crippen molar-refractivity contribution in [3.8, 4) is 0 Å². The molecule has 0 radical (unpaired) electrons. The summed E-state index contributed by atoms with van der Waals surface area (Å²) in [5.74, 6) is -2.38. The first-order chi connectivity index (χ1) is 9.77. The molecule has 4 N–H and O–H groups in total. The van der Waals surface area contributed by atoms with Gasteiger partial charge in [0, 0.05) is 4.47 Å². The summed E-state index contributed by atoms with van der Waals surface area (Å²) >= 11 is 9.19. The van der Waals surface area contributed by atoms with E-state index in [4.69, 9.17) is 22.4 Å². The maximum Gasteiger partial charge on any atom is 0.317 e. The molecule has 0 atom stereocenters. The quantitative estimate of drug-likeness (QED) is 0.653. The van der Waals surface area contributed by atoms with Gasteiger partial charge < -0.3 is 16.2 Å². The summed E-state index contributed by atoms with van der Waals surface area (Å²) in [6.45, 7) is -1.08. The van der Waals surface area contributed by atoms with Crippen LogP contribution in [0, 0.1) is 0 Å². The van der Waals surface area contributed by atoms with E-state index in [1.807, 2.05) is 0 Å². The van der Waals surface area contributed by atoms with Crippen LogP contribution in [0.2, 0.25) is 5.02 Å². The number of hydrogen-bond donors (Lipinski definition) is 3. The van der Waals surface area contributed by atoms with Crippen molar-refractivity contribution in [2.45, 2.75) is 0 Å². The highest BCUT2D eigenvalue weighted by Gasteiger charge is 2.16. The summed E-state index contributed by atoms with van der Waals surface area (Å²) in [6, 6.07) is 4.90. The van der Waals surface area contributed by atoms with Crippen LogP contribution in [0.1, 0.15) is 0 Å². The summed E-state index contributed by atoms with van der Waals surface area (Å²) in [7, 11) is 0. The van der Waals surface area contributed by atoms with Crippen LogP contribution in [0.15, 0.2) is 22.7 Å². The molecule has 1 rings (SSSR count). The fourth-order valence-corrected chi connectivity index (χ4v) is 2.28. The molecular formula is C12H13BrClN3O4. The van der Waals surface area contributed by atoms with Gasteiger partial charge in [0.1, 0.15) is 0 Å². The van der Waals surface area contributed by atoms with Crippen molar-refractivity contribution in [2.75, 3.05) is 25.0 Å². The number of benzene rings is 1. The largest absolute Gasteiger partial charge is 0.480 e. The summed E-state index contributed by atoms with van der Waals surface area (Å²) in [5.41, 5.74) is 5.39. The van der Waals surface area contributed by atoms with Crippen LogP contribution in [0.5, 0.6) is 0 Å². The molecule has 7 nitrogen and oxygen atoms in total. The topological polar surface area (TPSA) is 113 Å². The minimum absolute atomic E-state index is 0.290. The van der Waals surface area contributed by atoms with Gasteiger partial charge in [-0.3, -0.25) is 19.3 Å². The molecule has 114 valence electrons. The van der Waals surface area contributed by atoms with Crippen LogP contribution in [-0.4, -0.2) is 47.4 Å². The van der Waals surface area contributed by atoms with Gasteiger partial charge in [0.2, 0.25) is 11.8 Å². The monoisotopic (exact) mass is 377 g/mol. The van der Waals surface area contributed by atoms with Crippen molar-refractivity contribution in [1.82, 2.24) is 4.90 Å². The van der Waals surface area contributed by atoms with Gasteiger partial charge >= 0.3 is 5.97 Å². The van der Waals surface area contributed by atoms with Gasteiger partial charge in [0.05, 0.1) is 30.3 Å². The Morgan fingerprint density at radius 2 is 1.95 bits per heavy atom. The number of carbonyl (C=O) groups excluding carboxylic acids is 2. The number of carboxylic acid groups (broad SMARTS) is 1. The SMILES string of the molecule is NC(=O)CN(CC(=O)O)CC(=O)Nc1ccc(Br)cc1Cl. The van der Waals surface area contributed by atoms with Crippen molar-refractivity contribution in [2.24, 2.45) is 5.73 Å². The number of nitrogens with one attached hydrogen (secondary N) is 1. The van der Waals surface area contributed by atoms with Crippen molar-refractivity contribution >= 4 is 51.0 Å². The Labute approximate surface area is 134 Å². The molecule has 0 spiro atoms. The third-order valence-corrected chi connectivity index (χ3v) is 3.12. The van der Waals surface area contributed by atoms with E-state index in [0.717, 1.165) is 9.37 Å². The Bertz CT molecular complexity index is 551. The Balaban J connectivity index is 2.68. The first-order valence-electron chi connectivity index (χ1n) is 5.75. The van der Waals surface area contributed by atoms with E-state index in [1.165, 1.54) is 0 Å². The summed E-state index contributed by atoms with van der Waals surface area (Å²) in [6.07, 6.45) is 0. The van der Waals surface area contributed by atoms with Crippen LogP contribution >= 0.6 is 27.5 Å². The lowest BCUT2D eigenvalue weighted by molar-refractivity contribution is -0.138. The molecule has 0 aliphatic carbocycles. The lowest BCUT2D eigenvalue weighted by Gasteiger charge is -2.18. The summed E-state index contributed by atoms with van der Waals surface area (Å²) in [4.78, 5) is 34.5. The number of carboxylic acids is 1. The van der Waals surface area contributed by atoms with Crippen molar-refractivity contribution in [3.63, 3.8) is 0 Å². The van der Waals surface area contributed by atoms with E-state index in [9.17, 15) is 14.4 Å². The molecule has 2 amide bonds. The lowest BCUT2D eigenvalue weighted by atomic mass is 10.3. The highest BCUT2D eigenvalue weighted by molar-refractivity contribution is 9.10. The second-order valence-electron chi connectivity index (χ2n) is 4.18. The van der Waals surface area contributed by atoms with Crippen LogP contribution in [0.25, 0.3) is 0 Å². The van der Waals surface area contributed by atoms with Gasteiger partial charge in [-0.2, -0.15) is 0 Å². The summed E-state index contributed by atoms with van der Waals surface area (Å²) in [5, 5.41) is 11.6. The normalized spacial score (nSPS) is 10.4. The number of nitrogens with zero attached hydrogens (tertiary/aromatic N) is 1. The van der Waals surface area contributed by atoms with Gasteiger partial charge in [0.25, 0.3) is 0 Å². The van der Waals surface area contributed by atoms with E-state index in [0.29, 0.717) is 10.7 Å². The van der Waals surface area contributed by atoms with Crippen LogP contribution < -0.4 is 11.1 Å². The average Bonchev–Trinajstić information content (AvgIpc) is 2.30. The third-order valence-electron chi connectivity index (χ3n) is 2.31. The Hall–Kier alpha value is -1.64. The maximum absolute atomic E-state index is 11.9. The van der Waals surface area contributed by atoms with Crippen molar-refractivity contribution in [1.29, 1.82) is 0 Å². The summed E-state index contributed by atoms with van der Waals surface area (Å²) < 4.78 is 0.756. The number of aliphatic carboxylic acids is 1. The first-order valence-corrected chi connectivity index (χ1v) is 6.92. The Kier molecular flexibility index (Phi) is 6.60. The van der Waals surface area contributed by atoms with E-state index in [-0.39, 0.29) is 13.1 Å². The minimum Gasteiger partial charge on any atom is -0.480 e. The predicted molar refractivity (Wildman–Crippen MR) is 81.1 cm³/mol. The highest BCUT2D eigenvalue weighted by Crippen LogP contribution is 2.25. The second kappa shape index (κ2) is 7.96. The molecule has 0 heterocycles. The number of anilines is 1. The molecule has 0 saturated carbocycles. The first kappa shape index (κ1) is 17.4. The van der Waals surface area contributed by atoms with Gasteiger partial charge in [-0.15, -0.1) is 0 Å². The number of halogens is 2. The van der Waals surface area contributed by atoms with Crippen molar-refractivity contribution < 1.29 is 19.5 Å². The zero-order valence-corrected chi connectivity index (χ0v) is 13.1. The Morgan fingerprint density at radius 3 is 2.48 bits per heavy atom. The van der Waals surface area contributed by atoms with Gasteiger partial charge in [-0.1, -0.05) is 27.5 Å². The molecule has 1 aromatic carbocycles. The number of primary amides is 1. The molecule has 1 aromatic rings. The molecule has 0 bridgehead atoms. The molecule has 0 aliphatic rings. The molecular weight excluding hydrogens is 366 g/mol. The molecule has 9 heteroatoms. The fraction of sp³-hybridized carbons (Fsp3) is 0.250. The lowest BCUT2D eigenvalue weighted by Crippen LogP contribution is -2.41. The molecule has 0 unspecified atom stereocenters. The van der Waals surface area contributed by atoms with Gasteiger partial charge in [-0.05, 0) is 18.2 Å². The number of hydrogen-bond acceptors (Lipinski definition) is 4. The van der Waals surface area contributed by atoms with E-state index < -0.39 is 24.3 Å². The number of rotatable bonds is 7. The van der Waals surface area contributed by atoms with Gasteiger partial charge in [0.15, 0.2) is 0 Å². The highest BCUT2D eigenvalue weighted by atomic mass is 79.9. The van der Waals surface area contributed by atoms with E-state index >= 15 is 0 Å². The predicted octanol–water partition coefficient (Wildman–Crippen LogP) is 0.913. The standard InChI is InChI=1S/C12H13BrClN3O4/c13-7-1-2-9(8(14)3-7)16-11(19)5-17(4-10(15)18)6-12(20)21/h1-3H,4-6H2,(H2,15,18)(H,16,19)(H,20,21). The van der Waals surface area contributed by atoms with E-state index in [2.05, 4.69) is 21.2 Å². The maximum atomic E-state index is 11.9. The molecule has 0 aliphatic heterocycles. The van der Waals surface area contributed by atoms with Crippen LogP contribution in [-0.2, 0) is 14.4 Å². The molecule has 0 saturated heterocycles. The van der Waals surface area contributed by atoms with E-state index in [1.54, 1.807) is 18.2 Å².